The van der Waals surface area contributed by atoms with Gasteiger partial charge in [0.2, 0.25) is 5.88 Å². The lowest BCUT2D eigenvalue weighted by molar-refractivity contribution is 0.305. The zero-order chi connectivity index (χ0) is 29.5. The normalized spacial score (nSPS) is 11.7. The van der Waals surface area contributed by atoms with Crippen LogP contribution in [0.4, 0.5) is 0 Å². The smallest absolute Gasteiger partial charge is 0.264 e. The van der Waals surface area contributed by atoms with E-state index < -0.39 is 10.1 Å². The van der Waals surface area contributed by atoms with Crippen LogP contribution in [0.2, 0.25) is 5.02 Å². The fraction of sp³-hybridized carbons (Fsp3) is 0.250. The van der Waals surface area contributed by atoms with Gasteiger partial charge in [-0.1, -0.05) is 91.2 Å². The highest BCUT2D eigenvalue weighted by Crippen LogP contribution is 2.31. The van der Waals surface area contributed by atoms with E-state index in [1.54, 1.807) is 10.5 Å². The van der Waals surface area contributed by atoms with Crippen molar-refractivity contribution in [1.82, 2.24) is 14.4 Å². The van der Waals surface area contributed by atoms with Gasteiger partial charge in [0, 0.05) is 24.6 Å². The molecule has 10 heteroatoms. The lowest BCUT2D eigenvalue weighted by atomic mass is 10.1. The summed E-state index contributed by atoms with van der Waals surface area (Å²) in [5.74, 6) is 0.394. The van der Waals surface area contributed by atoms with Gasteiger partial charge in [0.05, 0.1) is 28.8 Å². The van der Waals surface area contributed by atoms with Crippen LogP contribution in [0, 0.1) is 0 Å². The zero-order valence-electron chi connectivity index (χ0n) is 23.0. The van der Waals surface area contributed by atoms with E-state index in [1.807, 2.05) is 79.0 Å². The summed E-state index contributed by atoms with van der Waals surface area (Å²) in [5, 5.41) is 11.7. The standard InChI is InChI=1S/C32H32ClN3O5S/c33-26-19-24(15-16-30(26)41-17-9-1-2-10-18-42(38,39)40)21-28-32(37)36-22-29(25-13-7-4-8-14-25)34-27(31(36)35-28)20-23-11-5-3-6-12-23/h3-8,11-16,19,22,37H,1-2,9-10,17-18,20-21H2,(H,38,39,40). The van der Waals surface area contributed by atoms with Crippen LogP contribution < -0.4 is 4.74 Å². The van der Waals surface area contributed by atoms with Gasteiger partial charge < -0.3 is 9.84 Å². The monoisotopic (exact) mass is 605 g/mol. The van der Waals surface area contributed by atoms with E-state index >= 15 is 0 Å². The Hall–Kier alpha value is -3.92. The third-order valence-corrected chi connectivity index (χ3v) is 8.03. The van der Waals surface area contributed by atoms with Crippen LogP contribution in [0.3, 0.4) is 0 Å². The summed E-state index contributed by atoms with van der Waals surface area (Å²) in [6.07, 6.45) is 5.38. The number of nitrogens with zero attached hydrogens (tertiary/aromatic N) is 3. The molecule has 0 unspecified atom stereocenters. The molecule has 0 spiro atoms. The van der Waals surface area contributed by atoms with Crippen molar-refractivity contribution in [3.8, 4) is 22.9 Å². The number of fused-ring (bicyclic) bond motifs is 1. The van der Waals surface area contributed by atoms with Gasteiger partial charge in [0.25, 0.3) is 10.1 Å². The summed E-state index contributed by atoms with van der Waals surface area (Å²) in [6.45, 7) is 0.444. The molecule has 0 aliphatic heterocycles. The molecular formula is C32H32ClN3O5S. The molecule has 42 heavy (non-hydrogen) atoms. The van der Waals surface area contributed by atoms with Crippen molar-refractivity contribution in [2.75, 3.05) is 12.4 Å². The highest BCUT2D eigenvalue weighted by Gasteiger charge is 2.18. The maximum absolute atomic E-state index is 11.3. The molecule has 0 aliphatic carbocycles. The van der Waals surface area contributed by atoms with Gasteiger partial charge in [-0.05, 0) is 36.1 Å². The van der Waals surface area contributed by atoms with E-state index in [9.17, 15) is 13.5 Å². The van der Waals surface area contributed by atoms with Crippen LogP contribution in [0.5, 0.6) is 11.6 Å². The maximum atomic E-state index is 11.3. The third-order valence-electron chi connectivity index (χ3n) is 6.93. The summed E-state index contributed by atoms with van der Waals surface area (Å²) in [7, 11) is -3.90. The number of imidazole rings is 1. The lowest BCUT2D eigenvalue weighted by Crippen LogP contribution is -2.04. The van der Waals surface area contributed by atoms with Crippen molar-refractivity contribution in [1.29, 1.82) is 0 Å². The average Bonchev–Trinajstić information content (AvgIpc) is 3.29. The second kappa shape index (κ2) is 13.4. The Morgan fingerprint density at radius 2 is 1.50 bits per heavy atom. The number of aromatic nitrogens is 3. The van der Waals surface area contributed by atoms with E-state index in [0.717, 1.165) is 40.9 Å². The van der Waals surface area contributed by atoms with Gasteiger partial charge in [-0.3, -0.25) is 8.95 Å². The molecule has 8 nitrogen and oxygen atoms in total. The summed E-state index contributed by atoms with van der Waals surface area (Å²) in [5.41, 5.74) is 5.56. The Bertz CT molecular complexity index is 1760. The molecule has 0 saturated carbocycles. The van der Waals surface area contributed by atoms with Crippen LogP contribution in [0.15, 0.2) is 85.1 Å². The lowest BCUT2D eigenvalue weighted by Gasteiger charge is -2.09. The molecule has 0 aliphatic rings. The molecule has 2 heterocycles. The van der Waals surface area contributed by atoms with Crippen LogP contribution in [-0.4, -0.2) is 44.8 Å². The first-order valence-electron chi connectivity index (χ1n) is 13.8. The summed E-state index contributed by atoms with van der Waals surface area (Å²) >= 11 is 6.51. The number of hydrogen-bond donors (Lipinski definition) is 2. The summed E-state index contributed by atoms with van der Waals surface area (Å²) < 4.78 is 37.9. The fourth-order valence-corrected chi connectivity index (χ4v) is 5.63. The number of aromatic hydroxyl groups is 1. The fourth-order valence-electron chi connectivity index (χ4n) is 4.80. The number of ether oxygens (including phenoxy) is 1. The molecule has 218 valence electrons. The molecule has 2 N–H and O–H groups in total. The number of rotatable bonds is 13. The summed E-state index contributed by atoms with van der Waals surface area (Å²) in [4.78, 5) is 9.76. The Labute approximate surface area is 250 Å². The van der Waals surface area contributed by atoms with E-state index in [0.29, 0.717) is 54.4 Å². The number of unbranched alkanes of at least 4 members (excludes halogenated alkanes) is 3. The van der Waals surface area contributed by atoms with Crippen molar-refractivity contribution in [3.63, 3.8) is 0 Å². The van der Waals surface area contributed by atoms with Crippen LogP contribution >= 0.6 is 11.6 Å². The molecule has 0 bridgehead atoms. The maximum Gasteiger partial charge on any atom is 0.264 e. The van der Waals surface area contributed by atoms with Crippen molar-refractivity contribution in [2.24, 2.45) is 0 Å². The second-order valence-electron chi connectivity index (χ2n) is 10.2. The minimum atomic E-state index is -3.90. The average molecular weight is 606 g/mol. The predicted octanol–water partition coefficient (Wildman–Crippen LogP) is 6.76. The van der Waals surface area contributed by atoms with E-state index in [2.05, 4.69) is 0 Å². The SMILES string of the molecule is O=S(=O)(O)CCCCCCOc1ccc(Cc2nc3c(Cc4ccccc4)nc(-c4ccccc4)cn3c2O)cc1Cl. The van der Waals surface area contributed by atoms with E-state index in [1.165, 1.54) is 0 Å². The van der Waals surface area contributed by atoms with Gasteiger partial charge >= 0.3 is 0 Å². The first-order chi connectivity index (χ1) is 20.3. The van der Waals surface area contributed by atoms with Gasteiger partial charge in [0.15, 0.2) is 5.65 Å². The minimum absolute atomic E-state index is 0.0596. The first-order valence-corrected chi connectivity index (χ1v) is 15.8. The molecule has 0 saturated heterocycles. The van der Waals surface area contributed by atoms with Crippen molar-refractivity contribution < 1.29 is 22.8 Å². The Kier molecular flexibility index (Phi) is 9.41. The highest BCUT2D eigenvalue weighted by atomic mass is 35.5. The van der Waals surface area contributed by atoms with E-state index in [-0.39, 0.29) is 11.6 Å². The van der Waals surface area contributed by atoms with Crippen LogP contribution in [-0.2, 0) is 23.0 Å². The van der Waals surface area contributed by atoms with Gasteiger partial charge in [-0.15, -0.1) is 0 Å². The van der Waals surface area contributed by atoms with Gasteiger partial charge in [0.1, 0.15) is 11.4 Å². The van der Waals surface area contributed by atoms with Crippen molar-refractivity contribution in [2.45, 2.75) is 38.5 Å². The third kappa shape index (κ3) is 7.67. The van der Waals surface area contributed by atoms with Crippen molar-refractivity contribution in [3.05, 3.63) is 113 Å². The molecule has 5 aromatic rings. The van der Waals surface area contributed by atoms with E-state index in [4.69, 9.17) is 30.9 Å². The first kappa shape index (κ1) is 29.6. The Balaban J connectivity index is 1.32. The van der Waals surface area contributed by atoms with Gasteiger partial charge in [-0.25, -0.2) is 9.97 Å². The Morgan fingerprint density at radius 1 is 0.810 bits per heavy atom. The topological polar surface area (TPSA) is 114 Å². The molecule has 5 rings (SSSR count). The molecule has 0 radical (unpaired) electrons. The van der Waals surface area contributed by atoms with Crippen molar-refractivity contribution >= 4 is 27.4 Å². The molecule has 0 fully saturated rings. The molecular weight excluding hydrogens is 574 g/mol. The molecule has 0 atom stereocenters. The number of hydrogen-bond acceptors (Lipinski definition) is 6. The minimum Gasteiger partial charge on any atom is -0.493 e. The van der Waals surface area contributed by atoms with Crippen LogP contribution in [0.25, 0.3) is 16.9 Å². The summed E-state index contributed by atoms with van der Waals surface area (Å²) in [6, 6.07) is 25.4. The molecule has 2 aromatic heterocycles. The molecule has 0 amide bonds. The highest BCUT2D eigenvalue weighted by molar-refractivity contribution is 7.85. The Morgan fingerprint density at radius 3 is 2.21 bits per heavy atom. The second-order valence-corrected chi connectivity index (χ2v) is 12.1. The van der Waals surface area contributed by atoms with Gasteiger partial charge in [-0.2, -0.15) is 8.42 Å². The number of benzene rings is 3. The molecule has 3 aromatic carbocycles. The zero-order valence-corrected chi connectivity index (χ0v) is 24.6. The largest absolute Gasteiger partial charge is 0.493 e. The number of halogens is 1. The quantitative estimate of drug-likeness (QED) is 0.112. The predicted molar refractivity (Wildman–Crippen MR) is 164 cm³/mol. The van der Waals surface area contributed by atoms with Crippen LogP contribution in [0.1, 0.15) is 48.2 Å².